The van der Waals surface area contributed by atoms with E-state index in [4.69, 9.17) is 4.74 Å². The Bertz CT molecular complexity index is 816. The lowest BCUT2D eigenvalue weighted by molar-refractivity contribution is -0.125. The average Bonchev–Trinajstić information content (AvgIpc) is 2.90. The molecular weight excluding hydrogens is 316 g/mol. The molecule has 0 radical (unpaired) electrons. The number of nitrogens with one attached hydrogen (secondary N) is 1. The quantitative estimate of drug-likeness (QED) is 0.870. The van der Waals surface area contributed by atoms with Crippen LogP contribution in [0.2, 0.25) is 0 Å². The molecule has 2 aromatic carbocycles. The standard InChI is InChI=1S/C20H22N2O3/c1-13-8-9-18(25-3)16(10-13)21-19(23)12-20(24)22-14(2)11-15-6-4-5-7-17(15)22/h4-10,14H,11-12H2,1-3H3,(H,21,23). The number of rotatable bonds is 4. The molecule has 0 spiro atoms. The first-order chi connectivity index (χ1) is 12.0. The molecule has 0 aliphatic carbocycles. The van der Waals surface area contributed by atoms with Crippen molar-refractivity contribution in [2.45, 2.75) is 32.7 Å². The van der Waals surface area contributed by atoms with Crippen LogP contribution in [-0.4, -0.2) is 25.0 Å². The third-order valence-electron chi connectivity index (χ3n) is 4.42. The van der Waals surface area contributed by atoms with Gasteiger partial charge in [-0.2, -0.15) is 0 Å². The fraction of sp³-hybridized carbons (Fsp3) is 0.300. The van der Waals surface area contributed by atoms with E-state index in [2.05, 4.69) is 5.32 Å². The number of carbonyl (C=O) groups is 2. The van der Waals surface area contributed by atoms with Crippen molar-refractivity contribution in [3.05, 3.63) is 53.6 Å². The van der Waals surface area contributed by atoms with Gasteiger partial charge in [-0.1, -0.05) is 24.3 Å². The van der Waals surface area contributed by atoms with Gasteiger partial charge >= 0.3 is 0 Å². The highest BCUT2D eigenvalue weighted by atomic mass is 16.5. The van der Waals surface area contributed by atoms with E-state index in [1.807, 2.05) is 50.2 Å². The van der Waals surface area contributed by atoms with Crippen LogP contribution in [-0.2, 0) is 16.0 Å². The second-order valence-corrected chi connectivity index (χ2v) is 6.37. The van der Waals surface area contributed by atoms with Crippen LogP contribution in [0, 0.1) is 6.92 Å². The Morgan fingerprint density at radius 2 is 2.00 bits per heavy atom. The average molecular weight is 338 g/mol. The molecule has 1 aliphatic rings. The lowest BCUT2D eigenvalue weighted by Gasteiger charge is -2.22. The summed E-state index contributed by atoms with van der Waals surface area (Å²) in [6, 6.07) is 13.4. The first-order valence-electron chi connectivity index (χ1n) is 8.34. The number of anilines is 2. The number of methoxy groups -OCH3 is 1. The zero-order chi connectivity index (χ0) is 18.0. The maximum atomic E-state index is 12.7. The number of nitrogens with zero attached hydrogens (tertiary/aromatic N) is 1. The maximum Gasteiger partial charge on any atom is 0.236 e. The highest BCUT2D eigenvalue weighted by Crippen LogP contribution is 2.32. The highest BCUT2D eigenvalue weighted by Gasteiger charge is 2.31. The number of ether oxygens (including phenoxy) is 1. The molecule has 1 atom stereocenters. The molecule has 0 bridgehead atoms. The minimum absolute atomic E-state index is 0.0613. The first kappa shape index (κ1) is 17.0. The molecule has 0 aromatic heterocycles. The molecule has 130 valence electrons. The molecule has 5 nitrogen and oxygen atoms in total. The van der Waals surface area contributed by atoms with Crippen molar-refractivity contribution in [2.75, 3.05) is 17.3 Å². The zero-order valence-electron chi connectivity index (χ0n) is 14.7. The van der Waals surface area contributed by atoms with Gasteiger partial charge in [-0.15, -0.1) is 0 Å². The number of para-hydroxylation sites is 1. The van der Waals surface area contributed by atoms with Gasteiger partial charge in [0.25, 0.3) is 0 Å². The highest BCUT2D eigenvalue weighted by molar-refractivity contribution is 6.10. The number of fused-ring (bicyclic) bond motifs is 1. The van der Waals surface area contributed by atoms with Crippen LogP contribution in [0.1, 0.15) is 24.5 Å². The minimum Gasteiger partial charge on any atom is -0.495 e. The summed E-state index contributed by atoms with van der Waals surface area (Å²) in [5.74, 6) is 0.0401. The Balaban J connectivity index is 1.72. The van der Waals surface area contributed by atoms with Gasteiger partial charge in [0.2, 0.25) is 11.8 Å². The van der Waals surface area contributed by atoms with Crippen LogP contribution in [0.25, 0.3) is 0 Å². The summed E-state index contributed by atoms with van der Waals surface area (Å²) >= 11 is 0. The van der Waals surface area contributed by atoms with E-state index in [0.717, 1.165) is 23.2 Å². The van der Waals surface area contributed by atoms with Gasteiger partial charge in [0.05, 0.1) is 12.8 Å². The van der Waals surface area contributed by atoms with Crippen LogP contribution in [0.5, 0.6) is 5.75 Å². The van der Waals surface area contributed by atoms with Gasteiger partial charge in [-0.3, -0.25) is 9.59 Å². The second kappa shape index (κ2) is 6.97. The summed E-state index contributed by atoms with van der Waals surface area (Å²) in [6.07, 6.45) is 0.616. The van der Waals surface area contributed by atoms with E-state index in [0.29, 0.717) is 11.4 Å². The molecular formula is C20H22N2O3. The molecule has 5 heteroatoms. The number of aryl methyl sites for hydroxylation is 1. The van der Waals surface area contributed by atoms with Gasteiger partial charge < -0.3 is 15.0 Å². The molecule has 1 heterocycles. The lowest BCUT2D eigenvalue weighted by Crippen LogP contribution is -2.37. The molecule has 3 rings (SSSR count). The Morgan fingerprint density at radius 3 is 2.76 bits per heavy atom. The Labute approximate surface area is 147 Å². The Morgan fingerprint density at radius 1 is 1.24 bits per heavy atom. The summed E-state index contributed by atoms with van der Waals surface area (Å²) in [5.41, 5.74) is 3.63. The van der Waals surface area contributed by atoms with Crippen LogP contribution in [0.4, 0.5) is 11.4 Å². The number of amides is 2. The molecule has 25 heavy (non-hydrogen) atoms. The van der Waals surface area contributed by atoms with E-state index in [-0.39, 0.29) is 24.3 Å². The zero-order valence-corrected chi connectivity index (χ0v) is 14.7. The molecule has 1 aliphatic heterocycles. The van der Waals surface area contributed by atoms with Crippen molar-refractivity contribution < 1.29 is 14.3 Å². The predicted octanol–water partition coefficient (Wildman–Crippen LogP) is 3.31. The Hall–Kier alpha value is -2.82. The van der Waals surface area contributed by atoms with Crippen molar-refractivity contribution in [1.29, 1.82) is 0 Å². The van der Waals surface area contributed by atoms with Crippen LogP contribution in [0.3, 0.4) is 0 Å². The van der Waals surface area contributed by atoms with Gasteiger partial charge in [-0.25, -0.2) is 0 Å². The number of hydrogen-bond donors (Lipinski definition) is 1. The molecule has 0 fully saturated rings. The smallest absolute Gasteiger partial charge is 0.236 e. The summed E-state index contributed by atoms with van der Waals surface area (Å²) in [5, 5.41) is 2.78. The molecule has 0 saturated heterocycles. The van der Waals surface area contributed by atoms with Gasteiger partial charge in [0, 0.05) is 11.7 Å². The summed E-state index contributed by atoms with van der Waals surface area (Å²) < 4.78 is 5.26. The number of carbonyl (C=O) groups excluding carboxylic acids is 2. The van der Waals surface area contributed by atoms with Gasteiger partial charge in [-0.05, 0) is 49.6 Å². The third kappa shape index (κ3) is 3.50. The van der Waals surface area contributed by atoms with Crippen LogP contribution >= 0.6 is 0 Å². The van der Waals surface area contributed by atoms with Crippen LogP contribution in [0.15, 0.2) is 42.5 Å². The normalized spacial score (nSPS) is 15.6. The Kier molecular flexibility index (Phi) is 4.74. The lowest BCUT2D eigenvalue weighted by atomic mass is 10.1. The van der Waals surface area contributed by atoms with Crippen molar-refractivity contribution in [3.63, 3.8) is 0 Å². The van der Waals surface area contributed by atoms with E-state index in [1.165, 1.54) is 0 Å². The van der Waals surface area contributed by atoms with E-state index in [9.17, 15) is 9.59 Å². The summed E-state index contributed by atoms with van der Waals surface area (Å²) in [7, 11) is 1.55. The number of benzene rings is 2. The molecule has 0 saturated carbocycles. The monoisotopic (exact) mass is 338 g/mol. The van der Waals surface area contributed by atoms with E-state index < -0.39 is 0 Å². The fourth-order valence-corrected chi connectivity index (χ4v) is 3.28. The van der Waals surface area contributed by atoms with Crippen molar-refractivity contribution in [1.82, 2.24) is 0 Å². The largest absolute Gasteiger partial charge is 0.495 e. The molecule has 2 amide bonds. The van der Waals surface area contributed by atoms with Crippen molar-refractivity contribution >= 4 is 23.2 Å². The summed E-state index contributed by atoms with van der Waals surface area (Å²) in [4.78, 5) is 26.8. The van der Waals surface area contributed by atoms with E-state index >= 15 is 0 Å². The van der Waals surface area contributed by atoms with Crippen LogP contribution < -0.4 is 15.0 Å². The maximum absolute atomic E-state index is 12.7. The van der Waals surface area contributed by atoms with Crippen molar-refractivity contribution in [3.8, 4) is 5.75 Å². The second-order valence-electron chi connectivity index (χ2n) is 6.37. The predicted molar refractivity (Wildman–Crippen MR) is 98.1 cm³/mol. The molecule has 2 aromatic rings. The third-order valence-corrected chi connectivity index (χ3v) is 4.42. The van der Waals surface area contributed by atoms with Gasteiger partial charge in [0.15, 0.2) is 0 Å². The fourth-order valence-electron chi connectivity index (χ4n) is 3.28. The molecule has 1 unspecified atom stereocenters. The van der Waals surface area contributed by atoms with Gasteiger partial charge in [0.1, 0.15) is 12.2 Å². The topological polar surface area (TPSA) is 58.6 Å². The van der Waals surface area contributed by atoms with Crippen molar-refractivity contribution in [2.24, 2.45) is 0 Å². The summed E-state index contributed by atoms with van der Waals surface area (Å²) in [6.45, 7) is 3.93. The minimum atomic E-state index is -0.342. The molecule has 1 N–H and O–H groups in total. The van der Waals surface area contributed by atoms with E-state index in [1.54, 1.807) is 18.1 Å². The first-order valence-corrected chi connectivity index (χ1v) is 8.34. The number of hydrogen-bond acceptors (Lipinski definition) is 3. The SMILES string of the molecule is COc1ccc(C)cc1NC(=O)CC(=O)N1c2ccccc2CC1C.